The first-order chi connectivity index (χ1) is 35.8. The zero-order valence-electron chi connectivity index (χ0n) is 40.3. The van der Waals surface area contributed by atoms with Crippen molar-refractivity contribution in [3.8, 4) is 96.6 Å². The Hall–Kier alpha value is -9.34. The highest BCUT2D eigenvalue weighted by atomic mass is 16.5. The van der Waals surface area contributed by atoms with Gasteiger partial charge in [-0.1, -0.05) is 191 Å². The van der Waals surface area contributed by atoms with E-state index in [1.807, 2.05) is 97.1 Å². The molecule has 0 aliphatic carbocycles. The highest BCUT2D eigenvalue weighted by molar-refractivity contribution is 6.99. The van der Waals surface area contributed by atoms with Gasteiger partial charge in [-0.05, 0) is 81.0 Å². The first-order valence-electron chi connectivity index (χ1n) is 24.7. The maximum Gasteiger partial charge on any atom is 0.256 e. The number of benzene rings is 9. The average molecular weight is 938 g/mol. The molecule has 0 radical (unpaired) electrons. The molecule has 0 spiro atoms. The van der Waals surface area contributed by atoms with Crippen LogP contribution < -0.4 is 21.1 Å². The second-order valence-electron chi connectivity index (χ2n) is 19.9. The SMILES string of the molecule is CC(C)(C)c1ccc2c(c1)Oc1cc(-c3ccccc3)cc3c1B2c1cc(-c2nc(-c4ccccc4)nc(-c4ccccc4)n2)cc2c4cc(-c5nc(-c6ccccc6)nc(-c6ccccc6)n5)ccc4n-3c12. The van der Waals surface area contributed by atoms with Crippen molar-refractivity contribution in [1.29, 1.82) is 0 Å². The molecule has 12 aromatic rings. The lowest BCUT2D eigenvalue weighted by molar-refractivity contribution is 0.483. The fourth-order valence-electron chi connectivity index (χ4n) is 10.7. The summed E-state index contributed by atoms with van der Waals surface area (Å²) in [5, 5.41) is 2.10. The second kappa shape index (κ2) is 16.6. The lowest BCUT2D eigenvalue weighted by Crippen LogP contribution is -2.58. The zero-order valence-corrected chi connectivity index (χ0v) is 40.3. The summed E-state index contributed by atoms with van der Waals surface area (Å²) in [6, 6.07) is 73.7. The summed E-state index contributed by atoms with van der Waals surface area (Å²) >= 11 is 0. The van der Waals surface area contributed by atoms with Gasteiger partial charge in [-0.15, -0.1) is 0 Å². The smallest absolute Gasteiger partial charge is 0.256 e. The van der Waals surface area contributed by atoms with Gasteiger partial charge in [0, 0.05) is 55.4 Å². The molecule has 8 nitrogen and oxygen atoms in total. The molecule has 0 saturated carbocycles. The van der Waals surface area contributed by atoms with Gasteiger partial charge < -0.3 is 9.30 Å². The monoisotopic (exact) mass is 937 g/mol. The summed E-state index contributed by atoms with van der Waals surface area (Å²) in [7, 11) is 0. The third-order valence-corrected chi connectivity index (χ3v) is 14.3. The van der Waals surface area contributed by atoms with E-state index in [0.717, 1.165) is 99.9 Å². The molecule has 2 aliphatic rings. The minimum atomic E-state index is -0.180. The molecular weight excluding hydrogens is 894 g/mol. The van der Waals surface area contributed by atoms with Gasteiger partial charge in [0.2, 0.25) is 0 Å². The molecule has 0 saturated heterocycles. The third kappa shape index (κ3) is 7.22. The maximum absolute atomic E-state index is 7.17. The Morgan fingerprint density at radius 3 is 1.34 bits per heavy atom. The molecule has 14 rings (SSSR count). The largest absolute Gasteiger partial charge is 0.458 e. The van der Waals surface area contributed by atoms with Crippen molar-refractivity contribution in [3.05, 3.63) is 218 Å². The standard InChI is InChI=1S/C64H44BN7O/c1-64(2,3)47-30-31-50-54(38-47)73-55-37-45(39-19-9-4-10-20-39)36-53-56(55)65(50)51-35-46(63-70-60(42-25-15-7-16-26-42)67-61(71-63)43-27-17-8-18-28-43)34-49-48-33-44(29-32-52(48)72(53)57(49)51)62-68-58(40-21-11-5-12-22-40)66-59(69-62)41-23-13-6-14-24-41/h4-38H,1-3H3. The van der Waals surface area contributed by atoms with Gasteiger partial charge in [-0.2, -0.15) is 0 Å². The Labute approximate surface area is 422 Å². The Balaban J connectivity index is 1.08. The Morgan fingerprint density at radius 2 is 0.836 bits per heavy atom. The van der Waals surface area contributed by atoms with Crippen LogP contribution in [0.2, 0.25) is 0 Å². The molecule has 2 aliphatic heterocycles. The molecule has 73 heavy (non-hydrogen) atoms. The van der Waals surface area contributed by atoms with Crippen LogP contribution in [0.1, 0.15) is 26.3 Å². The first-order valence-corrected chi connectivity index (χ1v) is 24.7. The van der Waals surface area contributed by atoms with Crippen molar-refractivity contribution >= 4 is 44.9 Å². The van der Waals surface area contributed by atoms with Crippen LogP contribution in [0.4, 0.5) is 0 Å². The number of ether oxygens (including phenoxy) is 1. The topological polar surface area (TPSA) is 91.5 Å². The van der Waals surface area contributed by atoms with E-state index in [2.05, 4.69) is 141 Å². The molecule has 9 aromatic carbocycles. The number of fused-ring (bicyclic) bond motifs is 7. The molecule has 0 N–H and O–H groups in total. The molecule has 3 aromatic heterocycles. The molecule has 344 valence electrons. The van der Waals surface area contributed by atoms with Crippen molar-refractivity contribution in [1.82, 2.24) is 34.5 Å². The zero-order chi connectivity index (χ0) is 48.8. The highest BCUT2D eigenvalue weighted by Gasteiger charge is 2.42. The second-order valence-corrected chi connectivity index (χ2v) is 19.9. The molecule has 5 heterocycles. The molecule has 0 bridgehead atoms. The predicted molar refractivity (Wildman–Crippen MR) is 295 cm³/mol. The van der Waals surface area contributed by atoms with Crippen molar-refractivity contribution in [3.63, 3.8) is 0 Å². The summed E-state index contributed by atoms with van der Waals surface area (Å²) in [6.07, 6.45) is 0. The number of hydrogen-bond acceptors (Lipinski definition) is 7. The molecule has 0 amide bonds. The van der Waals surface area contributed by atoms with Gasteiger partial charge in [-0.3, -0.25) is 0 Å². The van der Waals surface area contributed by atoms with Gasteiger partial charge in [0.15, 0.2) is 34.9 Å². The molecule has 0 atom stereocenters. The van der Waals surface area contributed by atoms with E-state index in [-0.39, 0.29) is 12.1 Å². The van der Waals surface area contributed by atoms with E-state index in [4.69, 9.17) is 34.6 Å². The van der Waals surface area contributed by atoms with E-state index in [0.29, 0.717) is 34.9 Å². The summed E-state index contributed by atoms with van der Waals surface area (Å²) in [5.41, 5.74) is 15.3. The molecular formula is C64H44BN7O. The van der Waals surface area contributed by atoms with Crippen molar-refractivity contribution in [2.45, 2.75) is 26.2 Å². The molecule has 0 fully saturated rings. The van der Waals surface area contributed by atoms with Crippen LogP contribution in [-0.4, -0.2) is 41.2 Å². The molecule has 9 heteroatoms. The summed E-state index contributed by atoms with van der Waals surface area (Å²) < 4.78 is 9.62. The van der Waals surface area contributed by atoms with E-state index in [9.17, 15) is 0 Å². The van der Waals surface area contributed by atoms with Crippen LogP contribution in [0.15, 0.2) is 212 Å². The normalized spacial score (nSPS) is 12.4. The van der Waals surface area contributed by atoms with Crippen LogP contribution >= 0.6 is 0 Å². The number of hydrogen-bond donors (Lipinski definition) is 0. The van der Waals surface area contributed by atoms with Crippen LogP contribution in [0, 0.1) is 0 Å². The van der Waals surface area contributed by atoms with Gasteiger partial charge >= 0.3 is 0 Å². The van der Waals surface area contributed by atoms with Gasteiger partial charge in [0.25, 0.3) is 6.71 Å². The Kier molecular flexibility index (Phi) is 9.70. The van der Waals surface area contributed by atoms with Crippen molar-refractivity contribution < 1.29 is 4.74 Å². The maximum atomic E-state index is 7.17. The van der Waals surface area contributed by atoms with E-state index in [1.165, 1.54) is 5.56 Å². The van der Waals surface area contributed by atoms with E-state index >= 15 is 0 Å². The quantitative estimate of drug-likeness (QED) is 0.147. The van der Waals surface area contributed by atoms with Crippen LogP contribution in [0.25, 0.3) is 107 Å². The number of nitrogens with zero attached hydrogens (tertiary/aromatic N) is 7. The lowest BCUT2D eigenvalue weighted by atomic mass is 9.34. The Bertz CT molecular complexity index is 4030. The number of rotatable bonds is 7. The van der Waals surface area contributed by atoms with Crippen LogP contribution in [0.3, 0.4) is 0 Å². The first kappa shape index (κ1) is 42.5. The minimum Gasteiger partial charge on any atom is -0.458 e. The van der Waals surface area contributed by atoms with Crippen LogP contribution in [0.5, 0.6) is 11.5 Å². The average Bonchev–Trinajstić information content (AvgIpc) is 3.79. The lowest BCUT2D eigenvalue weighted by Gasteiger charge is -2.34. The van der Waals surface area contributed by atoms with Crippen LogP contribution in [-0.2, 0) is 5.41 Å². The summed E-state index contributed by atoms with van der Waals surface area (Å²) in [4.78, 5) is 31.1. The van der Waals surface area contributed by atoms with E-state index < -0.39 is 0 Å². The van der Waals surface area contributed by atoms with Crippen molar-refractivity contribution in [2.24, 2.45) is 0 Å². The fraction of sp³-hybridized carbons (Fsp3) is 0.0625. The predicted octanol–water partition coefficient (Wildman–Crippen LogP) is 13.1. The van der Waals surface area contributed by atoms with Gasteiger partial charge in [-0.25, -0.2) is 29.9 Å². The van der Waals surface area contributed by atoms with Crippen molar-refractivity contribution in [2.75, 3.05) is 0 Å². The number of aromatic nitrogens is 7. The van der Waals surface area contributed by atoms with E-state index in [1.54, 1.807) is 0 Å². The van der Waals surface area contributed by atoms with Gasteiger partial charge in [0.05, 0.1) is 5.52 Å². The Morgan fingerprint density at radius 1 is 0.370 bits per heavy atom. The third-order valence-electron chi connectivity index (χ3n) is 14.3. The molecule has 0 unspecified atom stereocenters. The highest BCUT2D eigenvalue weighted by Crippen LogP contribution is 2.43. The fourth-order valence-corrected chi connectivity index (χ4v) is 10.7. The summed E-state index contributed by atoms with van der Waals surface area (Å²) in [5.74, 6) is 5.30. The summed E-state index contributed by atoms with van der Waals surface area (Å²) in [6.45, 7) is 6.57. The minimum absolute atomic E-state index is 0.0898. The van der Waals surface area contributed by atoms with Gasteiger partial charge in [0.1, 0.15) is 11.5 Å².